The van der Waals surface area contributed by atoms with Gasteiger partial charge in [-0.25, -0.2) is 0 Å². The molecule has 0 spiro atoms. The number of nitrogens with one attached hydrogen (secondary N) is 2. The summed E-state index contributed by atoms with van der Waals surface area (Å²) in [4.78, 5) is 29.1. The largest absolute Gasteiger partial charge is 0.479 e. The molecule has 0 saturated heterocycles. The average Bonchev–Trinajstić information content (AvgIpc) is 3.33. The number of thiophene rings is 1. The van der Waals surface area contributed by atoms with Crippen LogP contribution in [0.3, 0.4) is 0 Å². The van der Waals surface area contributed by atoms with Crippen LogP contribution in [-0.2, 0) is 16.0 Å². The van der Waals surface area contributed by atoms with E-state index in [1.165, 1.54) is 11.3 Å². The highest BCUT2D eigenvalue weighted by molar-refractivity contribution is 7.13. The lowest BCUT2D eigenvalue weighted by atomic mass is 10.2. The number of ether oxygens (including phenoxy) is 1. The fourth-order valence-corrected chi connectivity index (χ4v) is 3.24. The summed E-state index contributed by atoms with van der Waals surface area (Å²) in [5.41, 5.74) is 1.11. The summed E-state index contributed by atoms with van der Waals surface area (Å²) < 4.78 is 10.7. The van der Waals surface area contributed by atoms with Crippen molar-refractivity contribution >= 4 is 34.5 Å². The van der Waals surface area contributed by atoms with E-state index in [4.69, 9.17) is 9.26 Å². The van der Waals surface area contributed by atoms with Gasteiger partial charge in [-0.2, -0.15) is 4.98 Å². The van der Waals surface area contributed by atoms with Crippen molar-refractivity contribution in [3.63, 3.8) is 0 Å². The molecule has 27 heavy (non-hydrogen) atoms. The van der Waals surface area contributed by atoms with E-state index in [0.717, 1.165) is 4.88 Å². The maximum atomic E-state index is 12.2. The van der Waals surface area contributed by atoms with E-state index < -0.39 is 6.10 Å². The number of benzene rings is 1. The van der Waals surface area contributed by atoms with Crippen LogP contribution in [0, 0.1) is 0 Å². The van der Waals surface area contributed by atoms with E-state index in [9.17, 15) is 9.59 Å². The van der Waals surface area contributed by atoms with Crippen molar-refractivity contribution in [1.29, 1.82) is 0 Å². The predicted octanol–water partition coefficient (Wildman–Crippen LogP) is 3.09. The first-order chi connectivity index (χ1) is 13.1. The molecule has 0 saturated carbocycles. The summed E-state index contributed by atoms with van der Waals surface area (Å²) in [6.45, 7) is 1.68. The zero-order valence-corrected chi connectivity index (χ0v) is 15.2. The molecule has 3 heterocycles. The lowest BCUT2D eigenvalue weighted by molar-refractivity contribution is -0.122. The lowest BCUT2D eigenvalue weighted by Gasteiger charge is -2.23. The van der Waals surface area contributed by atoms with Gasteiger partial charge in [0.2, 0.25) is 17.6 Å². The number of nitrogens with zero attached hydrogens (tertiary/aromatic N) is 2. The molecule has 1 aromatic carbocycles. The minimum Gasteiger partial charge on any atom is -0.479 e. The van der Waals surface area contributed by atoms with Crippen molar-refractivity contribution < 1.29 is 18.8 Å². The molecule has 0 bridgehead atoms. The van der Waals surface area contributed by atoms with Crippen LogP contribution in [0.1, 0.15) is 19.2 Å². The van der Waals surface area contributed by atoms with Gasteiger partial charge in [0.05, 0.1) is 10.6 Å². The minimum absolute atomic E-state index is 0.192. The summed E-state index contributed by atoms with van der Waals surface area (Å²) in [6, 6.07) is 8.93. The second-order valence-electron chi connectivity index (χ2n) is 6.00. The first-order valence-corrected chi connectivity index (χ1v) is 9.24. The molecule has 1 atom stereocenters. The molecule has 1 aliphatic rings. The third-order valence-electron chi connectivity index (χ3n) is 3.97. The summed E-state index contributed by atoms with van der Waals surface area (Å²) in [5.74, 6) is 1.10. The molecule has 8 nitrogen and oxygen atoms in total. The second-order valence-corrected chi connectivity index (χ2v) is 6.95. The number of carbonyl (C=O) groups is 2. The van der Waals surface area contributed by atoms with Crippen LogP contribution >= 0.6 is 11.3 Å². The van der Waals surface area contributed by atoms with Crippen LogP contribution < -0.4 is 15.4 Å². The van der Waals surface area contributed by atoms with Crippen LogP contribution in [0.15, 0.2) is 40.2 Å². The second kappa shape index (κ2) is 7.20. The molecule has 0 radical (unpaired) electrons. The Hall–Kier alpha value is -3.20. The molecule has 1 aliphatic heterocycles. The van der Waals surface area contributed by atoms with Gasteiger partial charge in [-0.05, 0) is 36.6 Å². The highest BCUT2D eigenvalue weighted by Crippen LogP contribution is 2.32. The third kappa shape index (κ3) is 3.82. The lowest BCUT2D eigenvalue weighted by Crippen LogP contribution is -2.34. The van der Waals surface area contributed by atoms with Gasteiger partial charge in [-0.3, -0.25) is 9.59 Å². The van der Waals surface area contributed by atoms with Crippen molar-refractivity contribution in [2.75, 3.05) is 10.6 Å². The zero-order valence-electron chi connectivity index (χ0n) is 14.4. The Morgan fingerprint density at radius 1 is 1.37 bits per heavy atom. The van der Waals surface area contributed by atoms with Crippen LogP contribution in [0.25, 0.3) is 10.7 Å². The van der Waals surface area contributed by atoms with Gasteiger partial charge in [0, 0.05) is 18.5 Å². The fourth-order valence-electron chi connectivity index (χ4n) is 2.59. The number of hydrogen-bond donors (Lipinski definition) is 2. The Kier molecular flexibility index (Phi) is 4.59. The van der Waals surface area contributed by atoms with Gasteiger partial charge >= 0.3 is 0 Å². The van der Waals surface area contributed by atoms with Crippen molar-refractivity contribution in [2.24, 2.45) is 0 Å². The highest BCUT2D eigenvalue weighted by atomic mass is 32.1. The molecule has 2 N–H and O–H groups in total. The summed E-state index contributed by atoms with van der Waals surface area (Å²) >= 11 is 1.52. The van der Waals surface area contributed by atoms with E-state index in [1.807, 2.05) is 17.5 Å². The van der Waals surface area contributed by atoms with Gasteiger partial charge in [0.25, 0.3) is 5.91 Å². The van der Waals surface area contributed by atoms with E-state index in [2.05, 4.69) is 20.8 Å². The molecule has 1 unspecified atom stereocenters. The van der Waals surface area contributed by atoms with Crippen LogP contribution in [0.4, 0.5) is 11.4 Å². The number of hydrogen-bond acceptors (Lipinski definition) is 7. The monoisotopic (exact) mass is 384 g/mol. The fraction of sp³-hybridized carbons (Fsp3) is 0.222. The predicted molar refractivity (Wildman–Crippen MR) is 99.7 cm³/mol. The smallest absolute Gasteiger partial charge is 0.265 e. The van der Waals surface area contributed by atoms with Crippen LogP contribution in [0.2, 0.25) is 0 Å². The van der Waals surface area contributed by atoms with Gasteiger partial charge in [0.15, 0.2) is 6.10 Å². The molecule has 0 aliphatic carbocycles. The van der Waals surface area contributed by atoms with Crippen molar-refractivity contribution in [1.82, 2.24) is 10.1 Å². The van der Waals surface area contributed by atoms with Crippen molar-refractivity contribution in [3.8, 4) is 16.5 Å². The standard InChI is InChI=1S/C18H16N4O4S/c1-10-18(24)20-12-9-11(4-5-13(12)25-10)19-15(23)6-7-16-21-17(22-26-16)14-3-2-8-27-14/h2-5,8-10H,6-7H2,1H3,(H,19,23)(H,20,24). The zero-order chi connectivity index (χ0) is 18.8. The number of aromatic nitrogens is 2. The average molecular weight is 384 g/mol. The third-order valence-corrected chi connectivity index (χ3v) is 4.84. The number of aryl methyl sites for hydroxylation is 1. The molecular weight excluding hydrogens is 368 g/mol. The Morgan fingerprint density at radius 3 is 3.07 bits per heavy atom. The van der Waals surface area contributed by atoms with Gasteiger partial charge in [-0.1, -0.05) is 11.2 Å². The van der Waals surface area contributed by atoms with Crippen molar-refractivity contribution in [2.45, 2.75) is 25.9 Å². The first kappa shape index (κ1) is 17.2. The van der Waals surface area contributed by atoms with Gasteiger partial charge < -0.3 is 19.9 Å². The quantitative estimate of drug-likeness (QED) is 0.700. The van der Waals surface area contributed by atoms with E-state index in [0.29, 0.717) is 35.3 Å². The maximum Gasteiger partial charge on any atom is 0.265 e. The van der Waals surface area contributed by atoms with E-state index >= 15 is 0 Å². The molecule has 2 aromatic heterocycles. The molecule has 9 heteroatoms. The van der Waals surface area contributed by atoms with Crippen molar-refractivity contribution in [3.05, 3.63) is 41.6 Å². The number of carbonyl (C=O) groups excluding carboxylic acids is 2. The summed E-state index contributed by atoms with van der Waals surface area (Å²) in [5, 5.41) is 11.4. The topological polar surface area (TPSA) is 106 Å². The maximum absolute atomic E-state index is 12.2. The van der Waals surface area contributed by atoms with E-state index in [-0.39, 0.29) is 18.2 Å². The Bertz CT molecular complexity index is 983. The van der Waals surface area contributed by atoms with Gasteiger partial charge in [0.1, 0.15) is 5.75 Å². The molecular formula is C18H16N4O4S. The van der Waals surface area contributed by atoms with Crippen LogP contribution in [0.5, 0.6) is 5.75 Å². The highest BCUT2D eigenvalue weighted by Gasteiger charge is 2.23. The Morgan fingerprint density at radius 2 is 2.26 bits per heavy atom. The number of anilines is 2. The molecule has 4 rings (SSSR count). The SMILES string of the molecule is CC1Oc2ccc(NC(=O)CCc3nc(-c4cccs4)no3)cc2NC1=O. The van der Waals surface area contributed by atoms with E-state index in [1.54, 1.807) is 25.1 Å². The number of fused-ring (bicyclic) bond motifs is 1. The summed E-state index contributed by atoms with van der Waals surface area (Å²) in [7, 11) is 0. The Balaban J connectivity index is 1.35. The van der Waals surface area contributed by atoms with Gasteiger partial charge in [-0.15, -0.1) is 11.3 Å². The normalized spacial score (nSPS) is 15.6. The Labute approximate surface area is 158 Å². The molecule has 138 valence electrons. The molecule has 3 aromatic rings. The minimum atomic E-state index is -0.536. The molecule has 2 amide bonds. The number of rotatable bonds is 5. The first-order valence-electron chi connectivity index (χ1n) is 8.36. The molecule has 0 fully saturated rings. The summed E-state index contributed by atoms with van der Waals surface area (Å²) in [6.07, 6.45) is 0.00154. The number of amides is 2. The van der Waals surface area contributed by atoms with Crippen LogP contribution in [-0.4, -0.2) is 28.1 Å².